The molecule has 0 amide bonds. The van der Waals surface area contributed by atoms with Gasteiger partial charge in [0.2, 0.25) is 0 Å². The number of aromatic nitrogens is 2. The third kappa shape index (κ3) is 5.19. The molecule has 0 saturated heterocycles. The SMILES string of the molecule is O=C(OCc1ccccc1)C(=O)c1cnccc1Nc1c[nH]c(=O)c(-c2cc(Cl)ccc2F)c1. The monoisotopic (exact) mass is 477 g/mol. The van der Waals surface area contributed by atoms with Crippen LogP contribution in [0.1, 0.15) is 15.9 Å². The number of carbonyl (C=O) groups is 2. The number of ketones is 1. The molecule has 0 unspecified atom stereocenters. The molecule has 34 heavy (non-hydrogen) atoms. The zero-order valence-corrected chi connectivity index (χ0v) is 18.3. The van der Waals surface area contributed by atoms with Gasteiger partial charge in [-0.15, -0.1) is 0 Å². The van der Waals surface area contributed by atoms with Gasteiger partial charge in [0.1, 0.15) is 12.4 Å². The standard InChI is InChI=1S/C25H17ClFN3O4/c26-16-6-7-21(27)18(10-16)19-11-17(12-29-24(19)32)30-22-8-9-28-13-20(22)23(31)25(33)34-14-15-4-2-1-3-5-15/h1-13H,14H2,(H,28,30)(H,29,32). The van der Waals surface area contributed by atoms with Crippen LogP contribution < -0.4 is 10.9 Å². The summed E-state index contributed by atoms with van der Waals surface area (Å²) in [6.45, 7) is -0.0527. The Labute approximate surface area is 198 Å². The van der Waals surface area contributed by atoms with Crippen LogP contribution in [0.2, 0.25) is 5.02 Å². The molecule has 0 aliphatic rings. The van der Waals surface area contributed by atoms with Crippen LogP contribution in [0.15, 0.2) is 84.0 Å². The summed E-state index contributed by atoms with van der Waals surface area (Å²) in [7, 11) is 0. The topological polar surface area (TPSA) is 101 Å². The van der Waals surface area contributed by atoms with E-state index in [0.29, 0.717) is 5.69 Å². The van der Waals surface area contributed by atoms with Gasteiger partial charge in [-0.2, -0.15) is 0 Å². The number of ether oxygens (including phenoxy) is 1. The average molecular weight is 478 g/mol. The number of Topliss-reactive ketones (excluding diaryl/α,β-unsaturated/α-hetero) is 1. The van der Waals surface area contributed by atoms with Crippen molar-refractivity contribution in [3.63, 3.8) is 0 Å². The molecule has 170 valence electrons. The van der Waals surface area contributed by atoms with Crippen LogP contribution in [0.3, 0.4) is 0 Å². The lowest BCUT2D eigenvalue weighted by Crippen LogP contribution is -2.19. The number of rotatable bonds is 7. The highest BCUT2D eigenvalue weighted by atomic mass is 35.5. The maximum Gasteiger partial charge on any atom is 0.380 e. The van der Waals surface area contributed by atoms with Gasteiger partial charge in [0, 0.05) is 29.2 Å². The summed E-state index contributed by atoms with van der Waals surface area (Å²) in [4.78, 5) is 43.8. The molecule has 0 bridgehead atoms. The minimum absolute atomic E-state index is 0.0212. The first-order valence-electron chi connectivity index (χ1n) is 10.1. The van der Waals surface area contributed by atoms with E-state index >= 15 is 0 Å². The first-order chi connectivity index (χ1) is 16.4. The molecule has 4 aromatic rings. The van der Waals surface area contributed by atoms with Crippen molar-refractivity contribution in [2.45, 2.75) is 6.61 Å². The molecule has 0 aliphatic carbocycles. The molecule has 0 saturated carbocycles. The summed E-state index contributed by atoms with van der Waals surface area (Å²) < 4.78 is 19.4. The van der Waals surface area contributed by atoms with Gasteiger partial charge >= 0.3 is 5.97 Å². The van der Waals surface area contributed by atoms with Crippen molar-refractivity contribution in [2.24, 2.45) is 0 Å². The van der Waals surface area contributed by atoms with Crippen molar-refractivity contribution < 1.29 is 18.7 Å². The molecule has 7 nitrogen and oxygen atoms in total. The number of esters is 1. The average Bonchev–Trinajstić information content (AvgIpc) is 2.86. The Morgan fingerprint density at radius 1 is 1.06 bits per heavy atom. The number of nitrogens with zero attached hydrogens (tertiary/aromatic N) is 1. The van der Waals surface area contributed by atoms with Gasteiger partial charge in [-0.3, -0.25) is 14.6 Å². The summed E-state index contributed by atoms with van der Waals surface area (Å²) in [5.41, 5.74) is 0.835. The number of carbonyl (C=O) groups excluding carboxylic acids is 2. The number of benzene rings is 2. The summed E-state index contributed by atoms with van der Waals surface area (Å²) in [6, 6.07) is 15.7. The molecule has 0 atom stereocenters. The zero-order valence-electron chi connectivity index (χ0n) is 17.5. The Hall–Kier alpha value is -4.30. The highest BCUT2D eigenvalue weighted by molar-refractivity contribution is 6.41. The van der Waals surface area contributed by atoms with Crippen molar-refractivity contribution >= 4 is 34.7 Å². The third-order valence-corrected chi connectivity index (χ3v) is 5.10. The molecule has 0 spiro atoms. The predicted octanol–water partition coefficient (Wildman–Crippen LogP) is 4.90. The Morgan fingerprint density at radius 3 is 2.65 bits per heavy atom. The van der Waals surface area contributed by atoms with E-state index in [1.165, 1.54) is 42.9 Å². The fraction of sp³-hybridized carbons (Fsp3) is 0.0400. The van der Waals surface area contributed by atoms with Gasteiger partial charge in [0.05, 0.1) is 22.5 Å². The van der Waals surface area contributed by atoms with Crippen LogP contribution in [-0.4, -0.2) is 21.7 Å². The molecule has 0 radical (unpaired) electrons. The maximum atomic E-state index is 14.3. The van der Waals surface area contributed by atoms with E-state index in [4.69, 9.17) is 16.3 Å². The second-order valence-electron chi connectivity index (χ2n) is 7.19. The molecule has 2 N–H and O–H groups in total. The predicted molar refractivity (Wildman–Crippen MR) is 126 cm³/mol. The zero-order chi connectivity index (χ0) is 24.1. The molecule has 2 aromatic carbocycles. The van der Waals surface area contributed by atoms with Crippen molar-refractivity contribution in [1.29, 1.82) is 0 Å². The Kier molecular flexibility index (Phi) is 6.79. The molecular formula is C25H17ClFN3O4. The quantitative estimate of drug-likeness (QED) is 0.223. The van der Waals surface area contributed by atoms with Crippen LogP contribution in [0.25, 0.3) is 11.1 Å². The number of aromatic amines is 1. The fourth-order valence-electron chi connectivity index (χ4n) is 3.20. The fourth-order valence-corrected chi connectivity index (χ4v) is 3.37. The van der Waals surface area contributed by atoms with E-state index in [1.807, 2.05) is 6.07 Å². The first kappa shape index (κ1) is 22.9. The second kappa shape index (κ2) is 10.1. The highest BCUT2D eigenvalue weighted by Gasteiger charge is 2.22. The molecule has 2 aromatic heterocycles. The molecule has 0 fully saturated rings. The van der Waals surface area contributed by atoms with Crippen molar-refractivity contribution in [3.05, 3.63) is 112 Å². The lowest BCUT2D eigenvalue weighted by Gasteiger charge is -2.12. The second-order valence-corrected chi connectivity index (χ2v) is 7.63. The number of nitrogens with one attached hydrogen (secondary N) is 2. The minimum Gasteiger partial charge on any atom is -0.455 e. The molecule has 2 heterocycles. The minimum atomic E-state index is -1.04. The highest BCUT2D eigenvalue weighted by Crippen LogP contribution is 2.27. The summed E-state index contributed by atoms with van der Waals surface area (Å²) in [5, 5.41) is 3.23. The van der Waals surface area contributed by atoms with E-state index in [2.05, 4.69) is 15.3 Å². The number of halogens is 2. The molecule has 9 heteroatoms. The summed E-state index contributed by atoms with van der Waals surface area (Å²) in [5.74, 6) is -2.55. The molecule has 0 aliphatic heterocycles. The van der Waals surface area contributed by atoms with E-state index in [1.54, 1.807) is 24.3 Å². The van der Waals surface area contributed by atoms with Gasteiger partial charge in [-0.25, -0.2) is 9.18 Å². The maximum absolute atomic E-state index is 14.3. The molecule has 4 rings (SSSR count). The van der Waals surface area contributed by atoms with Crippen molar-refractivity contribution in [3.8, 4) is 11.1 Å². The van der Waals surface area contributed by atoms with Crippen LogP contribution in [-0.2, 0) is 16.1 Å². The number of pyridine rings is 2. The van der Waals surface area contributed by atoms with Crippen LogP contribution in [0.5, 0.6) is 0 Å². The third-order valence-electron chi connectivity index (χ3n) is 4.86. The van der Waals surface area contributed by atoms with Crippen LogP contribution in [0, 0.1) is 5.82 Å². The smallest absolute Gasteiger partial charge is 0.380 e. The normalized spacial score (nSPS) is 10.5. The van der Waals surface area contributed by atoms with E-state index in [0.717, 1.165) is 11.6 Å². The van der Waals surface area contributed by atoms with E-state index in [-0.39, 0.29) is 34.0 Å². The van der Waals surface area contributed by atoms with E-state index < -0.39 is 23.1 Å². The number of H-pyrrole nitrogens is 1. The Morgan fingerprint density at radius 2 is 1.85 bits per heavy atom. The Bertz CT molecular complexity index is 1420. The van der Waals surface area contributed by atoms with E-state index in [9.17, 15) is 18.8 Å². The Balaban J connectivity index is 1.58. The van der Waals surface area contributed by atoms with Gasteiger partial charge in [0.15, 0.2) is 0 Å². The van der Waals surface area contributed by atoms with Gasteiger partial charge in [0.25, 0.3) is 11.3 Å². The first-order valence-corrected chi connectivity index (χ1v) is 10.4. The van der Waals surface area contributed by atoms with Crippen molar-refractivity contribution in [1.82, 2.24) is 9.97 Å². The number of hydrogen-bond acceptors (Lipinski definition) is 6. The number of anilines is 2. The molecular weight excluding hydrogens is 461 g/mol. The lowest BCUT2D eigenvalue weighted by molar-refractivity contribution is -0.139. The largest absolute Gasteiger partial charge is 0.455 e. The summed E-state index contributed by atoms with van der Waals surface area (Å²) in [6.07, 6.45) is 4.02. The lowest BCUT2D eigenvalue weighted by atomic mass is 10.1. The van der Waals surface area contributed by atoms with Gasteiger partial charge in [-0.05, 0) is 35.9 Å². The van der Waals surface area contributed by atoms with Gasteiger partial charge in [-0.1, -0.05) is 41.9 Å². The number of hydrogen-bond donors (Lipinski definition) is 2. The summed E-state index contributed by atoms with van der Waals surface area (Å²) >= 11 is 5.96. The van der Waals surface area contributed by atoms with Crippen LogP contribution >= 0.6 is 11.6 Å². The van der Waals surface area contributed by atoms with Crippen LogP contribution in [0.4, 0.5) is 15.8 Å². The van der Waals surface area contributed by atoms with Gasteiger partial charge < -0.3 is 15.0 Å². The van der Waals surface area contributed by atoms with Crippen molar-refractivity contribution in [2.75, 3.05) is 5.32 Å².